The molecular formula is C19H22N4O3. The van der Waals surface area contributed by atoms with Crippen LogP contribution < -0.4 is 15.5 Å². The number of hydrogen-bond donors (Lipinski definition) is 3. The predicted octanol–water partition coefficient (Wildman–Crippen LogP) is 3.35. The van der Waals surface area contributed by atoms with Crippen LogP contribution in [-0.2, 0) is 6.42 Å². The quantitative estimate of drug-likeness (QED) is 0.654. The van der Waals surface area contributed by atoms with Gasteiger partial charge in [0.2, 0.25) is 0 Å². The van der Waals surface area contributed by atoms with Gasteiger partial charge in [-0.2, -0.15) is 4.98 Å². The molecule has 7 nitrogen and oxygen atoms in total. The molecule has 0 aliphatic carbocycles. The van der Waals surface area contributed by atoms with Crippen LogP contribution in [0.4, 0.5) is 16.5 Å². The summed E-state index contributed by atoms with van der Waals surface area (Å²) in [6.07, 6.45) is 0.669. The van der Waals surface area contributed by atoms with Crippen molar-refractivity contribution in [3.05, 3.63) is 48.0 Å². The van der Waals surface area contributed by atoms with Gasteiger partial charge >= 0.3 is 6.03 Å². The number of oxazole rings is 1. The second-order valence-electron chi connectivity index (χ2n) is 6.44. The molecular weight excluding hydrogens is 332 g/mol. The van der Waals surface area contributed by atoms with Gasteiger partial charge in [0.15, 0.2) is 5.58 Å². The molecule has 1 unspecified atom stereocenters. The van der Waals surface area contributed by atoms with Crippen molar-refractivity contribution in [2.24, 2.45) is 0 Å². The van der Waals surface area contributed by atoms with Crippen molar-refractivity contribution >= 4 is 28.8 Å². The lowest BCUT2D eigenvalue weighted by Crippen LogP contribution is -2.37. The Hall–Kier alpha value is -3.22. The Balaban J connectivity index is 1.60. The van der Waals surface area contributed by atoms with Crippen molar-refractivity contribution in [1.82, 2.24) is 10.3 Å². The molecule has 1 atom stereocenters. The zero-order valence-electron chi connectivity index (χ0n) is 15.0. The summed E-state index contributed by atoms with van der Waals surface area (Å²) in [7, 11) is 3.71. The van der Waals surface area contributed by atoms with Gasteiger partial charge in [0.05, 0.1) is 0 Å². The smallest absolute Gasteiger partial charge is 0.319 e. The van der Waals surface area contributed by atoms with Gasteiger partial charge in [-0.25, -0.2) is 4.79 Å². The number of urea groups is 1. The van der Waals surface area contributed by atoms with Gasteiger partial charge in [-0.3, -0.25) is 0 Å². The highest BCUT2D eigenvalue weighted by Crippen LogP contribution is 2.23. The van der Waals surface area contributed by atoms with E-state index in [0.29, 0.717) is 29.2 Å². The summed E-state index contributed by atoms with van der Waals surface area (Å²) in [5, 5.41) is 15.0. The van der Waals surface area contributed by atoms with Crippen LogP contribution in [0, 0.1) is 0 Å². The van der Waals surface area contributed by atoms with E-state index in [2.05, 4.69) is 15.6 Å². The number of nitrogens with zero attached hydrogens (tertiary/aromatic N) is 2. The van der Waals surface area contributed by atoms with Crippen LogP contribution in [0.3, 0.4) is 0 Å². The second-order valence-corrected chi connectivity index (χ2v) is 6.44. The maximum Gasteiger partial charge on any atom is 0.319 e. The molecule has 1 heterocycles. The fraction of sp³-hybridized carbons (Fsp3) is 0.263. The summed E-state index contributed by atoms with van der Waals surface area (Å²) in [5.74, 6) is 0.229. The Morgan fingerprint density at radius 2 is 1.96 bits per heavy atom. The average molecular weight is 354 g/mol. The van der Waals surface area contributed by atoms with E-state index in [1.165, 1.54) is 0 Å². The van der Waals surface area contributed by atoms with Crippen molar-refractivity contribution in [3.63, 3.8) is 0 Å². The van der Waals surface area contributed by atoms with Gasteiger partial charge in [-0.1, -0.05) is 12.1 Å². The van der Waals surface area contributed by atoms with Crippen molar-refractivity contribution in [2.75, 3.05) is 24.3 Å². The molecule has 7 heteroatoms. The molecule has 3 N–H and O–H groups in total. The molecule has 0 saturated heterocycles. The molecule has 26 heavy (non-hydrogen) atoms. The minimum absolute atomic E-state index is 0.0596. The third-order valence-corrected chi connectivity index (χ3v) is 3.87. The molecule has 3 aromatic rings. The summed E-state index contributed by atoms with van der Waals surface area (Å²) in [6.45, 7) is 1.93. The number of phenols is 1. The topological polar surface area (TPSA) is 90.6 Å². The van der Waals surface area contributed by atoms with E-state index in [-0.39, 0.29) is 17.8 Å². The highest BCUT2D eigenvalue weighted by Gasteiger charge is 2.11. The number of nitrogens with one attached hydrogen (secondary N) is 2. The molecule has 0 fully saturated rings. The van der Waals surface area contributed by atoms with Gasteiger partial charge in [0, 0.05) is 25.8 Å². The molecule has 2 aromatic carbocycles. The number of carbonyl (C=O) groups is 1. The van der Waals surface area contributed by atoms with Gasteiger partial charge in [-0.05, 0) is 49.2 Å². The van der Waals surface area contributed by atoms with Gasteiger partial charge in [0.25, 0.3) is 6.01 Å². The fourth-order valence-corrected chi connectivity index (χ4v) is 2.61. The summed E-state index contributed by atoms with van der Waals surface area (Å²) in [6, 6.07) is 12.5. The van der Waals surface area contributed by atoms with Crippen molar-refractivity contribution in [1.29, 1.82) is 0 Å². The number of amides is 2. The number of anilines is 2. The molecule has 0 spiro atoms. The first-order valence-corrected chi connectivity index (χ1v) is 8.34. The molecule has 136 valence electrons. The Morgan fingerprint density at radius 1 is 1.23 bits per heavy atom. The second kappa shape index (κ2) is 7.35. The standard InChI is InChI=1S/C19H22N4O3/c1-12(10-13-4-7-15(24)8-5-13)20-18(25)21-14-6-9-17-16(11-14)22-19(26-17)23(2)3/h4-9,11-12,24H,10H2,1-3H3,(H2,20,21,25). The summed E-state index contributed by atoms with van der Waals surface area (Å²) in [4.78, 5) is 18.4. The van der Waals surface area contributed by atoms with Crippen LogP contribution in [0.2, 0.25) is 0 Å². The third-order valence-electron chi connectivity index (χ3n) is 3.87. The van der Waals surface area contributed by atoms with E-state index in [9.17, 15) is 9.90 Å². The highest BCUT2D eigenvalue weighted by molar-refractivity contribution is 5.92. The van der Waals surface area contributed by atoms with Crippen LogP contribution in [-0.4, -0.2) is 36.3 Å². The number of phenolic OH excluding ortho intramolecular Hbond substituents is 1. The lowest BCUT2D eigenvalue weighted by atomic mass is 10.1. The molecule has 0 aliphatic rings. The Bertz CT molecular complexity index is 903. The van der Waals surface area contributed by atoms with E-state index in [4.69, 9.17) is 4.42 Å². The highest BCUT2D eigenvalue weighted by atomic mass is 16.4. The van der Waals surface area contributed by atoms with Gasteiger partial charge < -0.3 is 25.1 Å². The first-order valence-electron chi connectivity index (χ1n) is 8.34. The predicted molar refractivity (Wildman–Crippen MR) is 102 cm³/mol. The molecule has 0 radical (unpaired) electrons. The van der Waals surface area contributed by atoms with Gasteiger partial charge in [-0.15, -0.1) is 0 Å². The van der Waals surface area contributed by atoms with E-state index in [0.717, 1.165) is 5.56 Å². The minimum atomic E-state index is -0.285. The number of benzene rings is 2. The summed E-state index contributed by atoms with van der Waals surface area (Å²) in [5.41, 5.74) is 3.03. The van der Waals surface area contributed by atoms with Crippen LogP contribution in [0.25, 0.3) is 11.1 Å². The van der Waals surface area contributed by atoms with E-state index < -0.39 is 0 Å². The van der Waals surface area contributed by atoms with Crippen LogP contribution in [0.5, 0.6) is 5.75 Å². The largest absolute Gasteiger partial charge is 0.508 e. The van der Waals surface area contributed by atoms with E-state index in [1.807, 2.05) is 33.2 Å². The zero-order chi connectivity index (χ0) is 18.7. The lowest BCUT2D eigenvalue weighted by Gasteiger charge is -2.15. The van der Waals surface area contributed by atoms with Gasteiger partial charge in [0.1, 0.15) is 11.3 Å². The van der Waals surface area contributed by atoms with E-state index in [1.54, 1.807) is 35.2 Å². The SMILES string of the molecule is CC(Cc1ccc(O)cc1)NC(=O)Nc1ccc2oc(N(C)C)nc2c1. The lowest BCUT2D eigenvalue weighted by molar-refractivity contribution is 0.249. The average Bonchev–Trinajstić information content (AvgIpc) is 3.00. The van der Waals surface area contributed by atoms with Crippen LogP contribution >= 0.6 is 0 Å². The number of aromatic nitrogens is 1. The van der Waals surface area contributed by atoms with Crippen molar-refractivity contribution in [3.8, 4) is 5.75 Å². The Labute approximate surface area is 151 Å². The van der Waals surface area contributed by atoms with Crippen molar-refractivity contribution in [2.45, 2.75) is 19.4 Å². The molecule has 0 aliphatic heterocycles. The first-order chi connectivity index (χ1) is 12.4. The Kier molecular flexibility index (Phi) is 4.97. The number of fused-ring (bicyclic) bond motifs is 1. The molecule has 2 amide bonds. The molecule has 0 saturated carbocycles. The summed E-state index contributed by atoms with van der Waals surface area (Å²) >= 11 is 0. The molecule has 1 aromatic heterocycles. The van der Waals surface area contributed by atoms with E-state index >= 15 is 0 Å². The normalized spacial score (nSPS) is 12.0. The molecule has 0 bridgehead atoms. The number of hydrogen-bond acceptors (Lipinski definition) is 5. The maximum absolute atomic E-state index is 12.2. The molecule has 3 rings (SSSR count). The number of carbonyl (C=O) groups excluding carboxylic acids is 1. The van der Waals surface area contributed by atoms with Crippen LogP contribution in [0.15, 0.2) is 46.9 Å². The van der Waals surface area contributed by atoms with Crippen LogP contribution in [0.1, 0.15) is 12.5 Å². The third kappa shape index (κ3) is 4.24. The monoisotopic (exact) mass is 354 g/mol. The minimum Gasteiger partial charge on any atom is -0.508 e. The maximum atomic E-state index is 12.2. The number of aromatic hydroxyl groups is 1. The number of rotatable bonds is 5. The first kappa shape index (κ1) is 17.6. The fourth-order valence-electron chi connectivity index (χ4n) is 2.61. The zero-order valence-corrected chi connectivity index (χ0v) is 15.0. The Morgan fingerprint density at radius 3 is 2.65 bits per heavy atom. The summed E-state index contributed by atoms with van der Waals surface area (Å²) < 4.78 is 5.60. The van der Waals surface area contributed by atoms with Crippen molar-refractivity contribution < 1.29 is 14.3 Å².